The summed E-state index contributed by atoms with van der Waals surface area (Å²) in [5.41, 5.74) is 12.4. The van der Waals surface area contributed by atoms with Crippen LogP contribution in [0.3, 0.4) is 0 Å². The Balaban J connectivity index is 0.00000289. The van der Waals surface area contributed by atoms with Crippen LogP contribution in [0.4, 0.5) is 5.69 Å². The Labute approximate surface area is 112 Å². The fraction of sp³-hybridized carbons (Fsp3) is 0.333. The van der Waals surface area contributed by atoms with Gasteiger partial charge in [0.05, 0.1) is 0 Å². The van der Waals surface area contributed by atoms with Crippen molar-refractivity contribution < 1.29 is 9.59 Å². The SMILES string of the molecule is C[C@H](NC(=O)CCc1ccccc1N)C(N)=O.Cl. The molecule has 1 atom stereocenters. The number of aryl methyl sites for hydroxylation is 1. The summed E-state index contributed by atoms with van der Waals surface area (Å²) in [7, 11) is 0. The van der Waals surface area contributed by atoms with Gasteiger partial charge in [0.1, 0.15) is 6.04 Å². The molecule has 0 unspecified atom stereocenters. The monoisotopic (exact) mass is 271 g/mol. The molecule has 0 heterocycles. The van der Waals surface area contributed by atoms with Gasteiger partial charge in [-0.1, -0.05) is 18.2 Å². The number of carbonyl (C=O) groups excluding carboxylic acids is 2. The average Bonchev–Trinajstić information content (AvgIpc) is 2.27. The fourth-order valence-electron chi connectivity index (χ4n) is 1.39. The number of amides is 2. The van der Waals surface area contributed by atoms with Gasteiger partial charge in [-0.3, -0.25) is 9.59 Å². The van der Waals surface area contributed by atoms with Gasteiger partial charge in [0, 0.05) is 12.1 Å². The van der Waals surface area contributed by atoms with Crippen molar-refractivity contribution in [3.05, 3.63) is 29.8 Å². The highest BCUT2D eigenvalue weighted by Gasteiger charge is 2.12. The van der Waals surface area contributed by atoms with E-state index in [0.717, 1.165) is 5.56 Å². The Hall–Kier alpha value is -1.75. The van der Waals surface area contributed by atoms with Crippen LogP contribution in [0, 0.1) is 0 Å². The number of nitrogens with one attached hydrogen (secondary N) is 1. The van der Waals surface area contributed by atoms with Crippen molar-refractivity contribution >= 4 is 29.9 Å². The van der Waals surface area contributed by atoms with E-state index in [1.54, 1.807) is 13.0 Å². The van der Waals surface area contributed by atoms with E-state index in [9.17, 15) is 9.59 Å². The topological polar surface area (TPSA) is 98.2 Å². The molecule has 0 aliphatic carbocycles. The lowest BCUT2D eigenvalue weighted by atomic mass is 10.1. The third-order valence-corrected chi connectivity index (χ3v) is 2.48. The Morgan fingerprint density at radius 1 is 1.33 bits per heavy atom. The number of primary amides is 1. The maximum atomic E-state index is 11.5. The predicted molar refractivity (Wildman–Crippen MR) is 73.2 cm³/mol. The van der Waals surface area contributed by atoms with E-state index in [4.69, 9.17) is 11.5 Å². The number of benzene rings is 1. The lowest BCUT2D eigenvalue weighted by Crippen LogP contribution is -2.42. The van der Waals surface area contributed by atoms with Gasteiger partial charge in [0.2, 0.25) is 11.8 Å². The molecule has 18 heavy (non-hydrogen) atoms. The molecule has 0 fully saturated rings. The van der Waals surface area contributed by atoms with Crippen LogP contribution in [0.1, 0.15) is 18.9 Å². The van der Waals surface area contributed by atoms with E-state index in [0.29, 0.717) is 12.1 Å². The van der Waals surface area contributed by atoms with Crippen molar-refractivity contribution in [1.29, 1.82) is 0 Å². The first-order valence-corrected chi connectivity index (χ1v) is 5.42. The van der Waals surface area contributed by atoms with E-state index in [1.807, 2.05) is 18.2 Å². The molecule has 0 radical (unpaired) electrons. The summed E-state index contributed by atoms with van der Waals surface area (Å²) in [5, 5.41) is 2.51. The van der Waals surface area contributed by atoms with Gasteiger partial charge in [-0.05, 0) is 25.0 Å². The van der Waals surface area contributed by atoms with Gasteiger partial charge in [-0.15, -0.1) is 12.4 Å². The van der Waals surface area contributed by atoms with Crippen molar-refractivity contribution in [3.8, 4) is 0 Å². The third-order valence-electron chi connectivity index (χ3n) is 2.48. The molecule has 0 aliphatic heterocycles. The molecule has 0 saturated heterocycles. The molecule has 1 rings (SSSR count). The van der Waals surface area contributed by atoms with Crippen LogP contribution < -0.4 is 16.8 Å². The fourth-order valence-corrected chi connectivity index (χ4v) is 1.39. The molecule has 100 valence electrons. The molecule has 2 amide bonds. The number of rotatable bonds is 5. The van der Waals surface area contributed by atoms with E-state index >= 15 is 0 Å². The van der Waals surface area contributed by atoms with Gasteiger partial charge in [0.25, 0.3) is 0 Å². The van der Waals surface area contributed by atoms with E-state index in [-0.39, 0.29) is 24.7 Å². The summed E-state index contributed by atoms with van der Waals surface area (Å²) in [4.78, 5) is 22.2. The largest absolute Gasteiger partial charge is 0.399 e. The molecule has 5 N–H and O–H groups in total. The van der Waals surface area contributed by atoms with Crippen LogP contribution in [0.15, 0.2) is 24.3 Å². The molecule has 0 aliphatic rings. The highest BCUT2D eigenvalue weighted by Crippen LogP contribution is 2.12. The highest BCUT2D eigenvalue weighted by atomic mass is 35.5. The lowest BCUT2D eigenvalue weighted by Gasteiger charge is -2.10. The number of hydrogen-bond acceptors (Lipinski definition) is 3. The van der Waals surface area contributed by atoms with Crippen molar-refractivity contribution in [2.75, 3.05) is 5.73 Å². The van der Waals surface area contributed by atoms with Crippen molar-refractivity contribution in [3.63, 3.8) is 0 Å². The first kappa shape index (κ1) is 16.2. The molecule has 6 heteroatoms. The van der Waals surface area contributed by atoms with Crippen molar-refractivity contribution in [2.45, 2.75) is 25.8 Å². The second-order valence-corrected chi connectivity index (χ2v) is 3.89. The molecule has 0 aromatic heterocycles. The van der Waals surface area contributed by atoms with Gasteiger partial charge >= 0.3 is 0 Å². The molecule has 0 spiro atoms. The Morgan fingerprint density at radius 2 is 1.94 bits per heavy atom. The van der Waals surface area contributed by atoms with Crippen molar-refractivity contribution in [1.82, 2.24) is 5.32 Å². The average molecular weight is 272 g/mol. The molecule has 1 aromatic rings. The predicted octanol–water partition coefficient (Wildman–Crippen LogP) is 0.613. The molecule has 0 saturated carbocycles. The van der Waals surface area contributed by atoms with Crippen LogP contribution in [0.2, 0.25) is 0 Å². The van der Waals surface area contributed by atoms with E-state index < -0.39 is 11.9 Å². The molecule has 0 bridgehead atoms. The first-order chi connectivity index (χ1) is 8.00. The number of nitrogens with two attached hydrogens (primary N) is 2. The zero-order chi connectivity index (χ0) is 12.8. The Morgan fingerprint density at radius 3 is 2.50 bits per heavy atom. The minimum atomic E-state index is -0.643. The normalized spacial score (nSPS) is 11.2. The number of anilines is 1. The minimum Gasteiger partial charge on any atom is -0.399 e. The van der Waals surface area contributed by atoms with Crippen LogP contribution in [0.25, 0.3) is 0 Å². The number of carbonyl (C=O) groups is 2. The number of hydrogen-bond donors (Lipinski definition) is 3. The van der Waals surface area contributed by atoms with Gasteiger partial charge in [-0.2, -0.15) is 0 Å². The van der Waals surface area contributed by atoms with E-state index in [2.05, 4.69) is 5.32 Å². The summed E-state index contributed by atoms with van der Waals surface area (Å²) in [6.45, 7) is 1.55. The van der Waals surface area contributed by atoms with Crippen LogP contribution >= 0.6 is 12.4 Å². The maximum Gasteiger partial charge on any atom is 0.239 e. The second-order valence-electron chi connectivity index (χ2n) is 3.89. The second kappa shape index (κ2) is 7.55. The van der Waals surface area contributed by atoms with Crippen LogP contribution in [0.5, 0.6) is 0 Å². The first-order valence-electron chi connectivity index (χ1n) is 5.42. The summed E-state index contributed by atoms with van der Waals surface area (Å²) in [6.07, 6.45) is 0.829. The highest BCUT2D eigenvalue weighted by molar-refractivity contribution is 5.86. The number of nitrogen functional groups attached to an aromatic ring is 1. The molecular formula is C12H18ClN3O2. The Bertz CT molecular complexity index is 424. The van der Waals surface area contributed by atoms with Crippen LogP contribution in [-0.4, -0.2) is 17.9 Å². The van der Waals surface area contributed by atoms with Gasteiger partial charge < -0.3 is 16.8 Å². The summed E-state index contributed by atoms with van der Waals surface area (Å²) in [5.74, 6) is -0.753. The summed E-state index contributed by atoms with van der Waals surface area (Å²) in [6, 6.07) is 6.74. The van der Waals surface area contributed by atoms with E-state index in [1.165, 1.54) is 0 Å². The van der Waals surface area contributed by atoms with Crippen LogP contribution in [-0.2, 0) is 16.0 Å². The van der Waals surface area contributed by atoms with Gasteiger partial charge in [-0.25, -0.2) is 0 Å². The zero-order valence-electron chi connectivity index (χ0n) is 10.2. The quantitative estimate of drug-likeness (QED) is 0.685. The smallest absolute Gasteiger partial charge is 0.239 e. The number of para-hydroxylation sites is 1. The molecule has 5 nitrogen and oxygen atoms in total. The number of halogens is 1. The summed E-state index contributed by atoms with van der Waals surface area (Å²) >= 11 is 0. The molecular weight excluding hydrogens is 254 g/mol. The maximum absolute atomic E-state index is 11.5. The Kier molecular flexibility index (Phi) is 6.82. The summed E-state index contributed by atoms with van der Waals surface area (Å²) < 4.78 is 0. The zero-order valence-corrected chi connectivity index (χ0v) is 11.0. The third kappa shape index (κ3) is 5.05. The lowest BCUT2D eigenvalue weighted by molar-refractivity contribution is -0.126. The van der Waals surface area contributed by atoms with Crippen molar-refractivity contribution in [2.24, 2.45) is 5.73 Å². The molecule has 1 aromatic carbocycles. The van der Waals surface area contributed by atoms with Gasteiger partial charge in [0.15, 0.2) is 0 Å². The minimum absolute atomic E-state index is 0. The standard InChI is InChI=1S/C12H17N3O2.ClH/c1-8(12(14)17)15-11(16)7-6-9-4-2-3-5-10(9)13;/h2-5,8H,6-7,13H2,1H3,(H2,14,17)(H,15,16);1H/t8-;/m0./s1.